The van der Waals surface area contributed by atoms with E-state index in [2.05, 4.69) is 0 Å². The lowest BCUT2D eigenvalue weighted by atomic mass is 10.0. The first-order valence-electron chi connectivity index (χ1n) is 9.02. The summed E-state index contributed by atoms with van der Waals surface area (Å²) in [5, 5.41) is 0.921. The maximum absolute atomic E-state index is 12.7. The van der Waals surface area contributed by atoms with Crippen LogP contribution in [0.3, 0.4) is 0 Å². The molecule has 1 heterocycles. The molecule has 152 valence electrons. The van der Waals surface area contributed by atoms with Crippen LogP contribution in [-0.4, -0.2) is 36.2 Å². The highest BCUT2D eigenvalue weighted by Gasteiger charge is 2.38. The van der Waals surface area contributed by atoms with Crippen LogP contribution in [0, 0.1) is 5.92 Å². The number of halogens is 3. The summed E-state index contributed by atoms with van der Waals surface area (Å²) < 4.78 is 5.47. The van der Waals surface area contributed by atoms with Crippen LogP contribution in [0.5, 0.6) is 0 Å². The number of hydrogen-bond donors (Lipinski definition) is 0. The summed E-state index contributed by atoms with van der Waals surface area (Å²) in [6, 6.07) is 13.2. The second kappa shape index (κ2) is 9.61. The van der Waals surface area contributed by atoms with Crippen molar-refractivity contribution < 1.29 is 19.1 Å². The fourth-order valence-electron chi connectivity index (χ4n) is 3.15. The van der Waals surface area contributed by atoms with Gasteiger partial charge in [0.05, 0.1) is 16.6 Å². The van der Waals surface area contributed by atoms with Crippen molar-refractivity contribution in [2.75, 3.05) is 17.3 Å². The molecule has 2 aromatic rings. The molecule has 1 amide bonds. The van der Waals surface area contributed by atoms with E-state index in [1.807, 2.05) is 0 Å². The first kappa shape index (κ1) is 21.6. The summed E-state index contributed by atoms with van der Waals surface area (Å²) in [4.78, 5) is 39.3. The zero-order chi connectivity index (χ0) is 21.0. The number of alkyl halides is 1. The van der Waals surface area contributed by atoms with Crippen LogP contribution in [0.15, 0.2) is 48.5 Å². The number of ketones is 1. The highest BCUT2D eigenvalue weighted by molar-refractivity contribution is 6.34. The second-order valence-electron chi connectivity index (χ2n) is 6.63. The van der Waals surface area contributed by atoms with Gasteiger partial charge < -0.3 is 9.64 Å². The van der Waals surface area contributed by atoms with Crippen molar-refractivity contribution in [1.29, 1.82) is 0 Å². The molecule has 1 fully saturated rings. The first-order chi connectivity index (χ1) is 13.9. The van der Waals surface area contributed by atoms with E-state index < -0.39 is 18.0 Å². The number of carbonyl (C=O) groups excluding carboxylic acids is 3. The van der Waals surface area contributed by atoms with Crippen LogP contribution in [0.1, 0.15) is 23.2 Å². The van der Waals surface area contributed by atoms with Crippen molar-refractivity contribution in [3.63, 3.8) is 0 Å². The Balaban J connectivity index is 1.70. The zero-order valence-electron chi connectivity index (χ0n) is 15.3. The number of benzene rings is 2. The van der Waals surface area contributed by atoms with Gasteiger partial charge in [0.25, 0.3) is 0 Å². The third kappa shape index (κ3) is 5.10. The molecule has 0 N–H and O–H groups in total. The number of ether oxygens (including phenoxy) is 1. The fourth-order valence-corrected chi connectivity index (χ4v) is 3.71. The van der Waals surface area contributed by atoms with Gasteiger partial charge in [-0.1, -0.05) is 35.3 Å². The highest BCUT2D eigenvalue weighted by atomic mass is 35.5. The minimum atomic E-state index is -1.02. The fraction of sp³-hybridized carbons (Fsp3) is 0.286. The summed E-state index contributed by atoms with van der Waals surface area (Å²) >= 11 is 17.8. The van der Waals surface area contributed by atoms with Crippen molar-refractivity contribution in [3.8, 4) is 0 Å². The van der Waals surface area contributed by atoms with Gasteiger partial charge in [0.2, 0.25) is 11.7 Å². The SMILES string of the molecule is O=C(O[C@H](CCCl)C(=O)c1ccc(Cl)cc1)[C@@H]1CC(=O)N(c2ccccc2Cl)C1. The van der Waals surface area contributed by atoms with E-state index in [0.29, 0.717) is 21.3 Å². The third-order valence-corrected chi connectivity index (χ3v) is 5.44. The summed E-state index contributed by atoms with van der Waals surface area (Å²) in [5.41, 5.74) is 0.918. The monoisotopic (exact) mass is 453 g/mol. The number of para-hydroxylation sites is 1. The Labute approximate surface area is 183 Å². The zero-order valence-corrected chi connectivity index (χ0v) is 17.6. The van der Waals surface area contributed by atoms with Crippen molar-refractivity contribution in [1.82, 2.24) is 0 Å². The van der Waals surface area contributed by atoms with Crippen LogP contribution in [0.25, 0.3) is 0 Å². The Morgan fingerprint density at radius 2 is 1.79 bits per heavy atom. The molecule has 0 radical (unpaired) electrons. The molecule has 1 aliphatic heterocycles. The van der Waals surface area contributed by atoms with E-state index in [9.17, 15) is 14.4 Å². The van der Waals surface area contributed by atoms with Gasteiger partial charge in [0.15, 0.2) is 6.10 Å². The third-order valence-electron chi connectivity index (χ3n) is 4.65. The number of amides is 1. The van der Waals surface area contributed by atoms with E-state index in [-0.39, 0.29) is 37.0 Å². The number of hydrogen-bond acceptors (Lipinski definition) is 4. The van der Waals surface area contributed by atoms with Crippen molar-refractivity contribution in [3.05, 3.63) is 64.1 Å². The number of Topliss-reactive ketones (excluding diaryl/α,β-unsaturated/α-hetero) is 1. The predicted molar refractivity (Wildman–Crippen MR) is 113 cm³/mol. The molecule has 0 aliphatic carbocycles. The lowest BCUT2D eigenvalue weighted by molar-refractivity contribution is -0.151. The van der Waals surface area contributed by atoms with Crippen molar-refractivity contribution >= 4 is 58.1 Å². The van der Waals surface area contributed by atoms with Gasteiger partial charge in [-0.25, -0.2) is 0 Å². The quantitative estimate of drug-likeness (QED) is 0.343. The topological polar surface area (TPSA) is 63.7 Å². The first-order valence-corrected chi connectivity index (χ1v) is 10.3. The Morgan fingerprint density at radius 3 is 2.45 bits per heavy atom. The van der Waals surface area contributed by atoms with Gasteiger partial charge in [-0.05, 0) is 36.4 Å². The number of carbonyl (C=O) groups is 3. The van der Waals surface area contributed by atoms with Gasteiger partial charge in [0, 0.05) is 35.9 Å². The molecule has 0 spiro atoms. The van der Waals surface area contributed by atoms with Crippen molar-refractivity contribution in [2.45, 2.75) is 18.9 Å². The molecule has 0 bridgehead atoms. The number of rotatable bonds is 7. The van der Waals surface area contributed by atoms with Gasteiger partial charge >= 0.3 is 5.97 Å². The lowest BCUT2D eigenvalue weighted by Gasteiger charge is -2.20. The van der Waals surface area contributed by atoms with Crippen LogP contribution in [0.2, 0.25) is 10.0 Å². The Hall–Kier alpha value is -2.08. The Kier molecular flexibility index (Phi) is 7.17. The van der Waals surface area contributed by atoms with E-state index in [1.165, 1.54) is 4.90 Å². The average Bonchev–Trinajstić information content (AvgIpc) is 3.09. The molecule has 8 heteroatoms. The largest absolute Gasteiger partial charge is 0.454 e. The average molecular weight is 455 g/mol. The molecule has 2 aromatic carbocycles. The van der Waals surface area contributed by atoms with E-state index in [0.717, 1.165) is 0 Å². The summed E-state index contributed by atoms with van der Waals surface area (Å²) in [5.74, 6) is -1.73. The molecule has 0 unspecified atom stereocenters. The summed E-state index contributed by atoms with van der Waals surface area (Å²) in [6.07, 6.45) is -0.859. The van der Waals surface area contributed by atoms with Gasteiger partial charge in [-0.15, -0.1) is 11.6 Å². The van der Waals surface area contributed by atoms with E-state index in [4.69, 9.17) is 39.5 Å². The predicted octanol–water partition coefficient (Wildman–Crippen LogP) is 4.77. The molecular weight excluding hydrogens is 437 g/mol. The number of nitrogens with zero attached hydrogens (tertiary/aromatic N) is 1. The maximum Gasteiger partial charge on any atom is 0.312 e. The molecule has 29 heavy (non-hydrogen) atoms. The minimum absolute atomic E-state index is 0.00716. The van der Waals surface area contributed by atoms with Crippen LogP contribution < -0.4 is 4.90 Å². The van der Waals surface area contributed by atoms with Crippen LogP contribution in [0.4, 0.5) is 5.69 Å². The summed E-state index contributed by atoms with van der Waals surface area (Å²) in [6.45, 7) is 0.143. The Morgan fingerprint density at radius 1 is 1.10 bits per heavy atom. The molecule has 3 rings (SSSR count). The molecule has 1 aliphatic rings. The molecular formula is C21H18Cl3NO4. The number of esters is 1. The molecule has 1 saturated heterocycles. The van der Waals surface area contributed by atoms with Crippen molar-refractivity contribution in [2.24, 2.45) is 5.92 Å². The minimum Gasteiger partial charge on any atom is -0.454 e. The number of anilines is 1. The Bertz CT molecular complexity index is 916. The van der Waals surface area contributed by atoms with Gasteiger partial charge in [0.1, 0.15) is 0 Å². The highest BCUT2D eigenvalue weighted by Crippen LogP contribution is 2.31. The second-order valence-corrected chi connectivity index (χ2v) is 7.85. The summed E-state index contributed by atoms with van der Waals surface area (Å²) in [7, 11) is 0. The smallest absolute Gasteiger partial charge is 0.312 e. The molecule has 0 saturated carbocycles. The molecule has 5 nitrogen and oxygen atoms in total. The van der Waals surface area contributed by atoms with Gasteiger partial charge in [-0.3, -0.25) is 14.4 Å². The molecule has 0 aromatic heterocycles. The van der Waals surface area contributed by atoms with Gasteiger partial charge in [-0.2, -0.15) is 0 Å². The van der Waals surface area contributed by atoms with E-state index >= 15 is 0 Å². The van der Waals surface area contributed by atoms with Crippen LogP contribution >= 0.6 is 34.8 Å². The maximum atomic E-state index is 12.7. The molecule has 2 atom stereocenters. The standard InChI is InChI=1S/C21H18Cl3NO4/c22-10-9-18(20(27)13-5-7-15(23)8-6-13)29-21(28)14-11-19(26)25(12-14)17-4-2-1-3-16(17)24/h1-8,14,18H,9-12H2/t14-,18-/m1/s1. The lowest BCUT2D eigenvalue weighted by Crippen LogP contribution is -2.32. The normalized spacial score (nSPS) is 17.3. The van der Waals surface area contributed by atoms with Crippen LogP contribution in [-0.2, 0) is 14.3 Å². The van der Waals surface area contributed by atoms with E-state index in [1.54, 1.807) is 48.5 Å².